The van der Waals surface area contributed by atoms with Crippen LogP contribution in [0.5, 0.6) is 0 Å². The quantitative estimate of drug-likeness (QED) is 0.787. The van der Waals surface area contributed by atoms with E-state index in [1.165, 1.54) is 5.69 Å². The van der Waals surface area contributed by atoms with E-state index in [0.29, 0.717) is 13.0 Å². The van der Waals surface area contributed by atoms with Gasteiger partial charge in [-0.3, -0.25) is 4.79 Å². The molecule has 1 amide bonds. The number of anilines is 1. The number of terminal acetylenes is 1. The van der Waals surface area contributed by atoms with Crippen LogP contribution in [-0.2, 0) is 4.79 Å². The molecule has 1 aromatic rings. The van der Waals surface area contributed by atoms with Crippen LogP contribution in [0.1, 0.15) is 37.7 Å². The van der Waals surface area contributed by atoms with Gasteiger partial charge in [0.2, 0.25) is 5.91 Å². The van der Waals surface area contributed by atoms with Gasteiger partial charge in [0.15, 0.2) is 5.66 Å². The van der Waals surface area contributed by atoms with Crippen LogP contribution in [0.2, 0.25) is 0 Å². The molecule has 2 heterocycles. The summed E-state index contributed by atoms with van der Waals surface area (Å²) in [5.74, 6) is 2.61. The number of fused-ring (bicyclic) bond motifs is 1. The van der Waals surface area contributed by atoms with E-state index in [0.717, 1.165) is 31.5 Å². The Bertz CT molecular complexity index is 655. The zero-order valence-electron chi connectivity index (χ0n) is 13.5. The minimum atomic E-state index is -0.331. The molecule has 0 aromatic heterocycles. The molecule has 5 heteroatoms. The fourth-order valence-electron chi connectivity index (χ4n) is 3.19. The van der Waals surface area contributed by atoms with E-state index in [4.69, 9.17) is 6.42 Å². The van der Waals surface area contributed by atoms with Gasteiger partial charge in [-0.15, -0.1) is 12.3 Å². The Kier molecular flexibility index (Phi) is 4.33. The van der Waals surface area contributed by atoms with Crippen molar-refractivity contribution in [3.8, 4) is 12.3 Å². The minimum Gasteiger partial charge on any atom is -0.370 e. The molecule has 0 saturated heterocycles. The summed E-state index contributed by atoms with van der Waals surface area (Å²) in [7, 11) is 0. The first kappa shape index (κ1) is 15.5. The molecule has 0 saturated carbocycles. The van der Waals surface area contributed by atoms with Gasteiger partial charge < -0.3 is 10.2 Å². The van der Waals surface area contributed by atoms with Crippen LogP contribution in [0.25, 0.3) is 0 Å². The number of para-hydroxylation sites is 1. The van der Waals surface area contributed by atoms with E-state index in [1.807, 2.05) is 12.1 Å². The van der Waals surface area contributed by atoms with Crippen molar-refractivity contribution >= 4 is 11.6 Å². The van der Waals surface area contributed by atoms with Crippen LogP contribution in [0, 0.1) is 12.3 Å². The topological polar surface area (TPSA) is 57.1 Å². The van der Waals surface area contributed by atoms with E-state index >= 15 is 0 Å². The summed E-state index contributed by atoms with van der Waals surface area (Å²) in [4.78, 5) is 14.8. The van der Waals surface area contributed by atoms with Crippen molar-refractivity contribution in [2.75, 3.05) is 24.5 Å². The average Bonchev–Trinajstić information content (AvgIpc) is 3.24. The lowest BCUT2D eigenvalue weighted by atomic mass is 10.00. The Balaban J connectivity index is 1.55. The van der Waals surface area contributed by atoms with Gasteiger partial charge in [0.1, 0.15) is 0 Å². The van der Waals surface area contributed by atoms with E-state index in [2.05, 4.69) is 45.4 Å². The maximum atomic E-state index is 12.6. The summed E-state index contributed by atoms with van der Waals surface area (Å²) < 4.78 is 0. The molecule has 1 aromatic carbocycles. The summed E-state index contributed by atoms with van der Waals surface area (Å²) >= 11 is 0. The van der Waals surface area contributed by atoms with Crippen molar-refractivity contribution in [2.24, 2.45) is 10.2 Å². The van der Waals surface area contributed by atoms with E-state index in [1.54, 1.807) is 0 Å². The Morgan fingerprint density at radius 3 is 2.91 bits per heavy atom. The van der Waals surface area contributed by atoms with Crippen LogP contribution >= 0.6 is 0 Å². The Labute approximate surface area is 137 Å². The zero-order valence-corrected chi connectivity index (χ0v) is 13.5. The minimum absolute atomic E-state index is 0.0844. The van der Waals surface area contributed by atoms with Gasteiger partial charge in [-0.2, -0.15) is 10.2 Å². The highest BCUT2D eigenvalue weighted by molar-refractivity contribution is 5.88. The molecule has 0 spiro atoms. The van der Waals surface area contributed by atoms with E-state index in [9.17, 15) is 4.79 Å². The first-order valence-electron chi connectivity index (χ1n) is 8.18. The number of benzene rings is 1. The first-order chi connectivity index (χ1) is 11.2. The monoisotopic (exact) mass is 310 g/mol. The maximum Gasteiger partial charge on any atom is 0.229 e. The van der Waals surface area contributed by atoms with Crippen molar-refractivity contribution in [2.45, 2.75) is 37.8 Å². The summed E-state index contributed by atoms with van der Waals surface area (Å²) in [6.45, 7) is 4.36. The lowest BCUT2D eigenvalue weighted by Crippen LogP contribution is -2.34. The number of amides is 1. The molecule has 0 aliphatic carbocycles. The molecule has 0 bridgehead atoms. The standard InChI is InChI=1S/C18H22N4O/c1-3-5-10-18(20-21-18)11-12-19-17(23)15-13-22(4-2)16-9-7-6-8-14(15)16/h1,6-9,15H,4-5,10-13H2,2H3,(H,19,23). The third-order valence-corrected chi connectivity index (χ3v) is 4.63. The van der Waals surface area contributed by atoms with Crippen LogP contribution in [-0.4, -0.2) is 31.2 Å². The number of rotatable bonds is 7. The molecule has 2 aliphatic heterocycles. The summed E-state index contributed by atoms with van der Waals surface area (Å²) in [5.41, 5.74) is 1.96. The smallest absolute Gasteiger partial charge is 0.229 e. The molecule has 1 atom stereocenters. The molecule has 0 fully saturated rings. The SMILES string of the molecule is C#CCCC1(CCNC(=O)C2CN(CC)c3ccccc32)N=N1. The molecule has 120 valence electrons. The summed E-state index contributed by atoms with van der Waals surface area (Å²) in [6.07, 6.45) is 7.46. The Hall–Kier alpha value is -2.35. The fraction of sp³-hybridized carbons (Fsp3) is 0.500. The summed E-state index contributed by atoms with van der Waals surface area (Å²) in [6, 6.07) is 8.15. The number of carbonyl (C=O) groups is 1. The first-order valence-corrected chi connectivity index (χ1v) is 8.18. The van der Waals surface area contributed by atoms with Gasteiger partial charge in [-0.1, -0.05) is 18.2 Å². The number of nitrogens with one attached hydrogen (secondary N) is 1. The normalized spacial score (nSPS) is 20.0. The average molecular weight is 310 g/mol. The van der Waals surface area contributed by atoms with Crippen molar-refractivity contribution < 1.29 is 4.79 Å². The van der Waals surface area contributed by atoms with Gasteiger partial charge in [0.05, 0.1) is 5.92 Å². The van der Waals surface area contributed by atoms with Gasteiger partial charge in [-0.05, 0) is 18.6 Å². The zero-order chi connectivity index (χ0) is 16.3. The molecule has 5 nitrogen and oxygen atoms in total. The van der Waals surface area contributed by atoms with Crippen LogP contribution < -0.4 is 10.2 Å². The second-order valence-corrected chi connectivity index (χ2v) is 6.08. The molecule has 0 radical (unpaired) electrons. The third kappa shape index (κ3) is 3.21. The Morgan fingerprint density at radius 1 is 1.43 bits per heavy atom. The second-order valence-electron chi connectivity index (χ2n) is 6.08. The predicted molar refractivity (Wildman–Crippen MR) is 90.4 cm³/mol. The second kappa shape index (κ2) is 6.41. The lowest BCUT2D eigenvalue weighted by molar-refractivity contribution is -0.122. The largest absolute Gasteiger partial charge is 0.370 e. The summed E-state index contributed by atoms with van der Waals surface area (Å²) in [5, 5.41) is 11.2. The molecular formula is C18H22N4O. The highest BCUT2D eigenvalue weighted by Crippen LogP contribution is 2.37. The number of carbonyl (C=O) groups excluding carboxylic acids is 1. The Morgan fingerprint density at radius 2 is 2.22 bits per heavy atom. The van der Waals surface area contributed by atoms with Gasteiger partial charge in [0, 0.05) is 44.6 Å². The van der Waals surface area contributed by atoms with Crippen LogP contribution in [0.3, 0.4) is 0 Å². The van der Waals surface area contributed by atoms with Crippen molar-refractivity contribution in [1.29, 1.82) is 0 Å². The molecule has 3 rings (SSSR count). The number of hydrogen-bond acceptors (Lipinski definition) is 4. The molecule has 23 heavy (non-hydrogen) atoms. The molecule has 1 N–H and O–H groups in total. The van der Waals surface area contributed by atoms with Crippen LogP contribution in [0.4, 0.5) is 5.69 Å². The number of likely N-dealkylation sites (N-methyl/N-ethyl adjacent to an activating group) is 1. The maximum absolute atomic E-state index is 12.6. The van der Waals surface area contributed by atoms with Gasteiger partial charge in [-0.25, -0.2) is 0 Å². The molecule has 2 aliphatic rings. The highest BCUT2D eigenvalue weighted by atomic mass is 16.1. The number of nitrogens with zero attached hydrogens (tertiary/aromatic N) is 3. The van der Waals surface area contributed by atoms with E-state index in [-0.39, 0.29) is 17.5 Å². The lowest BCUT2D eigenvalue weighted by Gasteiger charge is -2.17. The van der Waals surface area contributed by atoms with Crippen LogP contribution in [0.15, 0.2) is 34.5 Å². The predicted octanol–water partition coefficient (Wildman–Crippen LogP) is 2.69. The van der Waals surface area contributed by atoms with E-state index < -0.39 is 0 Å². The third-order valence-electron chi connectivity index (χ3n) is 4.63. The molecular weight excluding hydrogens is 288 g/mol. The van der Waals surface area contributed by atoms with Crippen molar-refractivity contribution in [3.05, 3.63) is 29.8 Å². The number of hydrogen-bond donors (Lipinski definition) is 1. The van der Waals surface area contributed by atoms with Crippen molar-refractivity contribution in [1.82, 2.24) is 5.32 Å². The van der Waals surface area contributed by atoms with Gasteiger partial charge >= 0.3 is 0 Å². The highest BCUT2D eigenvalue weighted by Gasteiger charge is 2.39. The molecule has 1 unspecified atom stereocenters. The fourth-order valence-corrected chi connectivity index (χ4v) is 3.19. The van der Waals surface area contributed by atoms with Crippen molar-refractivity contribution in [3.63, 3.8) is 0 Å². The van der Waals surface area contributed by atoms with Gasteiger partial charge in [0.25, 0.3) is 0 Å².